The molecule has 4 heteroatoms. The molecule has 1 aromatic rings. The van der Waals surface area contributed by atoms with Crippen molar-refractivity contribution in [2.75, 3.05) is 18.5 Å². The summed E-state index contributed by atoms with van der Waals surface area (Å²) in [5.41, 5.74) is 1.04. The van der Waals surface area contributed by atoms with E-state index >= 15 is 0 Å². The molecule has 0 radical (unpaired) electrons. The van der Waals surface area contributed by atoms with Crippen LogP contribution in [0.25, 0.3) is 0 Å². The Hall–Kier alpha value is -1.24. The van der Waals surface area contributed by atoms with Crippen LogP contribution in [0, 0.1) is 16.7 Å². The van der Waals surface area contributed by atoms with Gasteiger partial charge in [-0.3, -0.25) is 0 Å². The summed E-state index contributed by atoms with van der Waals surface area (Å²) in [5.74, 6) is 0. The van der Waals surface area contributed by atoms with Gasteiger partial charge in [-0.1, -0.05) is 31.5 Å². The Balaban J connectivity index is 2.87. The predicted molar refractivity (Wildman–Crippen MR) is 74.8 cm³/mol. The lowest BCUT2D eigenvalue weighted by atomic mass is 9.83. The zero-order valence-corrected chi connectivity index (χ0v) is 11.6. The fraction of sp³-hybridized carbons (Fsp3) is 0.500. The number of aliphatic hydroxyl groups excluding tert-OH is 1. The van der Waals surface area contributed by atoms with E-state index in [2.05, 4.69) is 25.2 Å². The summed E-state index contributed by atoms with van der Waals surface area (Å²) in [7, 11) is 0. The number of nitriles is 1. The average Bonchev–Trinajstić information content (AvgIpc) is 2.41. The van der Waals surface area contributed by atoms with Crippen LogP contribution in [0.1, 0.15) is 32.3 Å². The molecule has 0 bridgehead atoms. The molecule has 0 saturated carbocycles. The molecule has 0 unspecified atom stereocenters. The third kappa shape index (κ3) is 3.16. The van der Waals surface area contributed by atoms with Gasteiger partial charge in [-0.05, 0) is 25.0 Å². The van der Waals surface area contributed by atoms with Crippen molar-refractivity contribution in [2.24, 2.45) is 5.41 Å². The van der Waals surface area contributed by atoms with Gasteiger partial charge in [0.05, 0.1) is 22.9 Å². The Morgan fingerprint density at radius 1 is 1.39 bits per heavy atom. The molecular weight excluding hydrogens is 248 g/mol. The Kier molecular flexibility index (Phi) is 5.46. The molecule has 0 saturated heterocycles. The molecule has 1 rings (SSSR count). The molecule has 0 heterocycles. The summed E-state index contributed by atoms with van der Waals surface area (Å²) < 4.78 is 0. The van der Waals surface area contributed by atoms with Gasteiger partial charge in [0.15, 0.2) is 0 Å². The number of benzene rings is 1. The number of hydrogen-bond donors (Lipinski definition) is 2. The first-order valence-electron chi connectivity index (χ1n) is 6.15. The van der Waals surface area contributed by atoms with Crippen LogP contribution in [-0.4, -0.2) is 18.3 Å². The van der Waals surface area contributed by atoms with Crippen LogP contribution < -0.4 is 5.32 Å². The maximum atomic E-state index is 9.50. The normalized spacial score (nSPS) is 11.1. The maximum absolute atomic E-state index is 9.50. The number of nitrogens with zero attached hydrogens (tertiary/aromatic N) is 1. The zero-order chi connectivity index (χ0) is 13.6. The first-order valence-corrected chi connectivity index (χ1v) is 6.53. The van der Waals surface area contributed by atoms with E-state index in [0.29, 0.717) is 17.1 Å². The maximum Gasteiger partial charge on any atom is 0.103 e. The van der Waals surface area contributed by atoms with Crippen LogP contribution >= 0.6 is 11.6 Å². The standard InChI is InChI=1S/C14H19ClN2O/c1-3-14(4-2,10-18)9-17-13-7-5-6-12(15)11(13)8-16/h5-7,17-18H,3-4,9-10H2,1-2H3. The second-order valence-corrected chi connectivity index (χ2v) is 4.90. The number of anilines is 1. The monoisotopic (exact) mass is 266 g/mol. The van der Waals surface area contributed by atoms with Crippen LogP contribution in [0.4, 0.5) is 5.69 Å². The van der Waals surface area contributed by atoms with Crippen molar-refractivity contribution in [2.45, 2.75) is 26.7 Å². The van der Waals surface area contributed by atoms with Crippen molar-refractivity contribution in [3.8, 4) is 6.07 Å². The van der Waals surface area contributed by atoms with Crippen molar-refractivity contribution in [1.29, 1.82) is 5.26 Å². The molecule has 0 atom stereocenters. The molecule has 18 heavy (non-hydrogen) atoms. The number of nitrogens with one attached hydrogen (secondary N) is 1. The number of aliphatic hydroxyl groups is 1. The van der Waals surface area contributed by atoms with E-state index in [4.69, 9.17) is 16.9 Å². The van der Waals surface area contributed by atoms with Crippen molar-refractivity contribution in [3.63, 3.8) is 0 Å². The Morgan fingerprint density at radius 3 is 2.56 bits per heavy atom. The van der Waals surface area contributed by atoms with Gasteiger partial charge in [-0.25, -0.2) is 0 Å². The molecule has 0 aliphatic heterocycles. The lowest BCUT2D eigenvalue weighted by Crippen LogP contribution is -2.32. The third-order valence-corrected chi connectivity index (χ3v) is 3.93. The average molecular weight is 267 g/mol. The molecule has 0 amide bonds. The van der Waals surface area contributed by atoms with Crippen molar-refractivity contribution in [3.05, 3.63) is 28.8 Å². The van der Waals surface area contributed by atoms with E-state index in [1.807, 2.05) is 12.1 Å². The molecule has 0 aromatic heterocycles. The molecule has 0 spiro atoms. The Morgan fingerprint density at radius 2 is 2.06 bits per heavy atom. The Bertz CT molecular complexity index is 428. The largest absolute Gasteiger partial charge is 0.396 e. The number of rotatable bonds is 6. The van der Waals surface area contributed by atoms with Crippen LogP contribution in [-0.2, 0) is 0 Å². The molecule has 0 aliphatic rings. The predicted octanol–water partition coefficient (Wildman–Crippen LogP) is 3.42. The molecule has 3 nitrogen and oxygen atoms in total. The molecule has 98 valence electrons. The summed E-state index contributed by atoms with van der Waals surface area (Å²) in [6.45, 7) is 4.89. The SMILES string of the molecule is CCC(CC)(CO)CNc1cccc(Cl)c1C#N. The summed E-state index contributed by atoms with van der Waals surface area (Å²) in [6.07, 6.45) is 1.77. The van der Waals surface area contributed by atoms with Gasteiger partial charge in [0.25, 0.3) is 0 Å². The molecule has 0 fully saturated rings. The first kappa shape index (κ1) is 14.8. The van der Waals surface area contributed by atoms with E-state index < -0.39 is 0 Å². The minimum atomic E-state index is -0.144. The van der Waals surface area contributed by atoms with E-state index in [1.165, 1.54) is 0 Å². The fourth-order valence-corrected chi connectivity index (χ4v) is 2.06. The summed E-state index contributed by atoms with van der Waals surface area (Å²) in [6, 6.07) is 7.44. The zero-order valence-electron chi connectivity index (χ0n) is 10.8. The number of halogens is 1. The second kappa shape index (κ2) is 6.63. The van der Waals surface area contributed by atoms with Gasteiger partial charge >= 0.3 is 0 Å². The molecule has 2 N–H and O–H groups in total. The highest BCUT2D eigenvalue weighted by Gasteiger charge is 2.25. The summed E-state index contributed by atoms with van der Waals surface area (Å²) >= 11 is 5.97. The molecule has 1 aromatic carbocycles. The van der Waals surface area contributed by atoms with E-state index in [-0.39, 0.29) is 12.0 Å². The fourth-order valence-electron chi connectivity index (χ4n) is 1.85. The number of hydrogen-bond acceptors (Lipinski definition) is 3. The summed E-state index contributed by atoms with van der Waals surface area (Å²) in [5, 5.41) is 22.3. The second-order valence-electron chi connectivity index (χ2n) is 4.49. The Labute approximate surface area is 113 Å². The lowest BCUT2D eigenvalue weighted by molar-refractivity contribution is 0.127. The van der Waals surface area contributed by atoms with E-state index in [1.54, 1.807) is 6.07 Å². The van der Waals surface area contributed by atoms with Crippen LogP contribution in [0.2, 0.25) is 5.02 Å². The van der Waals surface area contributed by atoms with Crippen molar-refractivity contribution in [1.82, 2.24) is 0 Å². The van der Waals surface area contributed by atoms with Crippen molar-refractivity contribution >= 4 is 17.3 Å². The van der Waals surface area contributed by atoms with Gasteiger partial charge in [0.1, 0.15) is 6.07 Å². The van der Waals surface area contributed by atoms with Gasteiger partial charge in [-0.15, -0.1) is 0 Å². The van der Waals surface area contributed by atoms with Gasteiger partial charge in [0.2, 0.25) is 0 Å². The topological polar surface area (TPSA) is 56.0 Å². The third-order valence-electron chi connectivity index (χ3n) is 3.61. The summed E-state index contributed by atoms with van der Waals surface area (Å²) in [4.78, 5) is 0. The molecular formula is C14H19ClN2O. The highest BCUT2D eigenvalue weighted by molar-refractivity contribution is 6.32. The van der Waals surface area contributed by atoms with Crippen LogP contribution in [0.5, 0.6) is 0 Å². The van der Waals surface area contributed by atoms with E-state index in [9.17, 15) is 5.11 Å². The van der Waals surface area contributed by atoms with Gasteiger partial charge in [0, 0.05) is 12.0 Å². The van der Waals surface area contributed by atoms with E-state index in [0.717, 1.165) is 18.5 Å². The quantitative estimate of drug-likeness (QED) is 0.829. The first-order chi connectivity index (χ1) is 8.62. The van der Waals surface area contributed by atoms with Gasteiger partial charge in [-0.2, -0.15) is 5.26 Å². The van der Waals surface area contributed by atoms with Crippen molar-refractivity contribution < 1.29 is 5.11 Å². The van der Waals surface area contributed by atoms with Crippen LogP contribution in [0.3, 0.4) is 0 Å². The smallest absolute Gasteiger partial charge is 0.103 e. The highest BCUT2D eigenvalue weighted by Crippen LogP contribution is 2.28. The minimum Gasteiger partial charge on any atom is -0.396 e. The highest BCUT2D eigenvalue weighted by atomic mass is 35.5. The lowest BCUT2D eigenvalue weighted by Gasteiger charge is -2.30. The molecule has 0 aliphatic carbocycles. The minimum absolute atomic E-state index is 0.134. The van der Waals surface area contributed by atoms with Gasteiger partial charge < -0.3 is 10.4 Å². The van der Waals surface area contributed by atoms with Crippen LogP contribution in [0.15, 0.2) is 18.2 Å².